The molecule has 0 aliphatic heterocycles. The van der Waals surface area contributed by atoms with E-state index in [1.165, 1.54) is 95.5 Å². The van der Waals surface area contributed by atoms with Crippen molar-refractivity contribution in [2.45, 2.75) is 110 Å². The Bertz CT molecular complexity index is 432. The molecule has 0 amide bonds. The van der Waals surface area contributed by atoms with Gasteiger partial charge in [-0.05, 0) is 37.4 Å². The van der Waals surface area contributed by atoms with Crippen LogP contribution in [-0.4, -0.2) is 13.2 Å². The topological polar surface area (TPSA) is 35.2 Å². The lowest BCUT2D eigenvalue weighted by atomic mass is 10.0. The fraction of sp³-hybridized carbons (Fsp3) is 0.760. The molecule has 0 bridgehead atoms. The average Bonchev–Trinajstić information content (AvgIpc) is 2.70. The van der Waals surface area contributed by atoms with Gasteiger partial charge in [-0.25, -0.2) is 0 Å². The zero-order valence-electron chi connectivity index (χ0n) is 18.0. The summed E-state index contributed by atoms with van der Waals surface area (Å²) < 4.78 is 6.00. The molecule has 0 saturated heterocycles. The Balaban J connectivity index is 1.88. The minimum Gasteiger partial charge on any atom is -0.493 e. The first kappa shape index (κ1) is 24.0. The second kappa shape index (κ2) is 18.3. The van der Waals surface area contributed by atoms with Crippen LogP contribution in [-0.2, 0) is 6.42 Å². The molecule has 0 unspecified atom stereocenters. The molecule has 0 aliphatic carbocycles. The summed E-state index contributed by atoms with van der Waals surface area (Å²) in [6, 6.07) is 8.41. The fourth-order valence-corrected chi connectivity index (χ4v) is 3.62. The summed E-state index contributed by atoms with van der Waals surface area (Å²) in [6.07, 6.45) is 21.6. The van der Waals surface area contributed by atoms with Crippen molar-refractivity contribution in [3.63, 3.8) is 0 Å². The Labute approximate surface area is 169 Å². The Morgan fingerprint density at radius 1 is 0.667 bits per heavy atom. The molecule has 27 heavy (non-hydrogen) atoms. The summed E-state index contributed by atoms with van der Waals surface area (Å²) in [5, 5.41) is 0. The molecule has 0 atom stereocenters. The molecule has 0 saturated carbocycles. The monoisotopic (exact) mass is 375 g/mol. The van der Waals surface area contributed by atoms with Gasteiger partial charge < -0.3 is 10.5 Å². The Kier molecular flexibility index (Phi) is 16.3. The van der Waals surface area contributed by atoms with Crippen molar-refractivity contribution in [3.05, 3.63) is 29.8 Å². The highest BCUT2D eigenvalue weighted by Crippen LogP contribution is 2.20. The van der Waals surface area contributed by atoms with Crippen molar-refractivity contribution in [3.8, 4) is 5.75 Å². The lowest BCUT2D eigenvalue weighted by Crippen LogP contribution is -2.03. The van der Waals surface area contributed by atoms with E-state index in [4.69, 9.17) is 10.5 Å². The molecule has 1 rings (SSSR count). The van der Waals surface area contributed by atoms with Gasteiger partial charge in [-0.1, -0.05) is 109 Å². The van der Waals surface area contributed by atoms with Gasteiger partial charge in [0.1, 0.15) is 5.75 Å². The fourth-order valence-electron chi connectivity index (χ4n) is 3.62. The standard InChI is InChI=1S/C25H45NO/c1-2-3-4-5-6-7-8-9-10-11-12-13-14-17-23-27-25-21-16-15-19-24(25)20-18-22-26/h15-16,19,21H,2-14,17-18,20,22-23,26H2,1H3. The van der Waals surface area contributed by atoms with Crippen LogP contribution in [0.25, 0.3) is 0 Å². The molecule has 2 nitrogen and oxygen atoms in total. The number of ether oxygens (including phenoxy) is 1. The maximum atomic E-state index is 6.00. The van der Waals surface area contributed by atoms with E-state index in [2.05, 4.69) is 31.2 Å². The van der Waals surface area contributed by atoms with E-state index < -0.39 is 0 Å². The molecular weight excluding hydrogens is 330 g/mol. The Morgan fingerprint density at radius 2 is 1.19 bits per heavy atom. The van der Waals surface area contributed by atoms with Gasteiger partial charge >= 0.3 is 0 Å². The van der Waals surface area contributed by atoms with Crippen LogP contribution < -0.4 is 10.5 Å². The van der Waals surface area contributed by atoms with E-state index in [1.54, 1.807) is 0 Å². The zero-order valence-corrected chi connectivity index (χ0v) is 18.0. The number of rotatable bonds is 19. The van der Waals surface area contributed by atoms with Crippen molar-refractivity contribution >= 4 is 0 Å². The summed E-state index contributed by atoms with van der Waals surface area (Å²) in [5.41, 5.74) is 6.92. The second-order valence-electron chi connectivity index (χ2n) is 7.94. The predicted octanol–water partition coefficient (Wildman–Crippen LogP) is 7.44. The zero-order chi connectivity index (χ0) is 19.4. The van der Waals surface area contributed by atoms with Crippen molar-refractivity contribution in [1.82, 2.24) is 0 Å². The number of unbranched alkanes of at least 4 members (excludes halogenated alkanes) is 13. The number of benzene rings is 1. The van der Waals surface area contributed by atoms with Gasteiger partial charge in [-0.15, -0.1) is 0 Å². The molecule has 2 heteroatoms. The second-order valence-corrected chi connectivity index (χ2v) is 7.94. The van der Waals surface area contributed by atoms with Gasteiger partial charge in [-0.3, -0.25) is 0 Å². The normalized spacial score (nSPS) is 11.0. The Hall–Kier alpha value is -1.02. The molecule has 0 aliphatic rings. The first-order valence-corrected chi connectivity index (χ1v) is 11.8. The molecule has 0 spiro atoms. The summed E-state index contributed by atoms with van der Waals surface area (Å²) in [4.78, 5) is 0. The van der Waals surface area contributed by atoms with Gasteiger partial charge in [0, 0.05) is 0 Å². The van der Waals surface area contributed by atoms with Crippen molar-refractivity contribution in [2.24, 2.45) is 5.73 Å². The van der Waals surface area contributed by atoms with Crippen LogP contribution in [0.1, 0.15) is 109 Å². The third kappa shape index (κ3) is 13.7. The van der Waals surface area contributed by atoms with E-state index in [9.17, 15) is 0 Å². The third-order valence-electron chi connectivity index (χ3n) is 5.38. The van der Waals surface area contributed by atoms with Crippen LogP contribution in [0.5, 0.6) is 5.75 Å². The van der Waals surface area contributed by atoms with Crippen molar-refractivity contribution in [1.29, 1.82) is 0 Å². The van der Waals surface area contributed by atoms with Crippen LogP contribution in [0.3, 0.4) is 0 Å². The molecule has 0 fully saturated rings. The molecule has 156 valence electrons. The lowest BCUT2D eigenvalue weighted by Gasteiger charge is -2.11. The number of aryl methyl sites for hydroxylation is 1. The smallest absolute Gasteiger partial charge is 0.122 e. The maximum absolute atomic E-state index is 6.00. The third-order valence-corrected chi connectivity index (χ3v) is 5.38. The average molecular weight is 376 g/mol. The summed E-state index contributed by atoms with van der Waals surface area (Å²) in [5.74, 6) is 1.06. The summed E-state index contributed by atoms with van der Waals surface area (Å²) >= 11 is 0. The van der Waals surface area contributed by atoms with Gasteiger partial charge in [0.05, 0.1) is 6.61 Å². The SMILES string of the molecule is CCCCCCCCCCCCCCCCOc1ccccc1CCCN. The Morgan fingerprint density at radius 3 is 1.74 bits per heavy atom. The summed E-state index contributed by atoms with van der Waals surface area (Å²) in [6.45, 7) is 3.88. The van der Waals surface area contributed by atoms with E-state index in [0.717, 1.165) is 31.7 Å². The molecule has 0 radical (unpaired) electrons. The minimum absolute atomic E-state index is 0.743. The number of hydrogen-bond donors (Lipinski definition) is 1. The summed E-state index contributed by atoms with van der Waals surface area (Å²) in [7, 11) is 0. The number of nitrogens with two attached hydrogens (primary N) is 1. The van der Waals surface area contributed by atoms with Gasteiger partial charge in [0.25, 0.3) is 0 Å². The predicted molar refractivity (Wildman–Crippen MR) is 120 cm³/mol. The van der Waals surface area contributed by atoms with Gasteiger partial charge in [-0.2, -0.15) is 0 Å². The van der Waals surface area contributed by atoms with Crippen LogP contribution in [0, 0.1) is 0 Å². The van der Waals surface area contributed by atoms with E-state index >= 15 is 0 Å². The highest BCUT2D eigenvalue weighted by Gasteiger charge is 2.02. The highest BCUT2D eigenvalue weighted by molar-refractivity contribution is 5.33. The molecular formula is C25H45NO. The van der Waals surface area contributed by atoms with Crippen LogP contribution in [0.2, 0.25) is 0 Å². The van der Waals surface area contributed by atoms with Crippen LogP contribution in [0.15, 0.2) is 24.3 Å². The quantitative estimate of drug-likeness (QED) is 0.255. The van der Waals surface area contributed by atoms with Crippen LogP contribution in [0.4, 0.5) is 0 Å². The van der Waals surface area contributed by atoms with E-state index in [0.29, 0.717) is 0 Å². The highest BCUT2D eigenvalue weighted by atomic mass is 16.5. The largest absolute Gasteiger partial charge is 0.493 e. The van der Waals surface area contributed by atoms with E-state index in [-0.39, 0.29) is 0 Å². The number of hydrogen-bond acceptors (Lipinski definition) is 2. The molecule has 1 aromatic rings. The van der Waals surface area contributed by atoms with Crippen LogP contribution >= 0.6 is 0 Å². The maximum Gasteiger partial charge on any atom is 0.122 e. The molecule has 1 aromatic carbocycles. The van der Waals surface area contributed by atoms with E-state index in [1.807, 2.05) is 0 Å². The lowest BCUT2D eigenvalue weighted by molar-refractivity contribution is 0.301. The molecule has 2 N–H and O–H groups in total. The molecule has 0 heterocycles. The van der Waals surface area contributed by atoms with Gasteiger partial charge in [0.2, 0.25) is 0 Å². The van der Waals surface area contributed by atoms with Crippen molar-refractivity contribution in [2.75, 3.05) is 13.2 Å². The first-order chi connectivity index (χ1) is 13.4. The molecule has 0 aromatic heterocycles. The van der Waals surface area contributed by atoms with Crippen molar-refractivity contribution < 1.29 is 4.74 Å². The minimum atomic E-state index is 0.743. The van der Waals surface area contributed by atoms with Gasteiger partial charge in [0.15, 0.2) is 0 Å². The number of para-hydroxylation sites is 1. The first-order valence-electron chi connectivity index (χ1n) is 11.8.